The first-order chi connectivity index (χ1) is 11.8. The highest BCUT2D eigenvalue weighted by Crippen LogP contribution is 2.29. The number of carbonyl (C=O) groups is 1. The van der Waals surface area contributed by atoms with E-state index in [1.165, 1.54) is 24.4 Å². The summed E-state index contributed by atoms with van der Waals surface area (Å²) in [6.07, 6.45) is -2.02. The number of rotatable bonds is 6. The van der Waals surface area contributed by atoms with E-state index in [-0.39, 0.29) is 11.4 Å². The maximum absolute atomic E-state index is 12.5. The highest BCUT2D eigenvalue weighted by atomic mass is 19.4. The molecule has 0 unspecified atom stereocenters. The fraction of sp³-hybridized carbons (Fsp3) is 0.353. The Morgan fingerprint density at radius 2 is 1.84 bits per heavy atom. The van der Waals surface area contributed by atoms with Gasteiger partial charge in [0.25, 0.3) is 5.91 Å². The van der Waals surface area contributed by atoms with Gasteiger partial charge in [-0.1, -0.05) is 13.8 Å². The molecule has 134 valence electrons. The smallest absolute Gasteiger partial charge is 0.354 e. The molecule has 0 aliphatic rings. The molecule has 0 saturated carbocycles. The van der Waals surface area contributed by atoms with Gasteiger partial charge >= 0.3 is 6.18 Å². The zero-order chi connectivity index (χ0) is 18.4. The molecule has 5 nitrogen and oxygen atoms in total. The quantitative estimate of drug-likeness (QED) is 0.817. The summed E-state index contributed by atoms with van der Waals surface area (Å²) < 4.78 is 37.6. The summed E-state index contributed by atoms with van der Waals surface area (Å²) in [5.41, 5.74) is -0.392. The Bertz CT molecular complexity index is 715. The second-order valence-electron chi connectivity index (χ2n) is 5.90. The van der Waals surface area contributed by atoms with Crippen LogP contribution in [0.2, 0.25) is 0 Å². The molecule has 8 heteroatoms. The third-order valence-electron chi connectivity index (χ3n) is 3.36. The van der Waals surface area contributed by atoms with Gasteiger partial charge in [0.05, 0.1) is 5.56 Å². The van der Waals surface area contributed by atoms with Gasteiger partial charge in [-0.2, -0.15) is 13.2 Å². The number of benzene rings is 1. The second-order valence-corrected chi connectivity index (χ2v) is 5.90. The largest absolute Gasteiger partial charge is 0.416 e. The Morgan fingerprint density at radius 1 is 1.16 bits per heavy atom. The summed E-state index contributed by atoms with van der Waals surface area (Å²) >= 11 is 0. The lowest BCUT2D eigenvalue weighted by Gasteiger charge is -2.10. The van der Waals surface area contributed by atoms with Gasteiger partial charge in [0.1, 0.15) is 5.69 Å². The number of alkyl halides is 3. The lowest BCUT2D eigenvalue weighted by Crippen LogP contribution is -2.16. The Labute approximate surface area is 143 Å². The molecule has 2 aromatic rings. The van der Waals surface area contributed by atoms with Crippen LogP contribution in [-0.2, 0) is 6.18 Å². The number of aromatic nitrogens is 2. The van der Waals surface area contributed by atoms with Gasteiger partial charge in [0.2, 0.25) is 5.95 Å². The van der Waals surface area contributed by atoms with Crippen LogP contribution in [0, 0.1) is 5.92 Å². The van der Waals surface area contributed by atoms with Crippen LogP contribution in [0.5, 0.6) is 0 Å². The average Bonchev–Trinajstić information content (AvgIpc) is 2.54. The van der Waals surface area contributed by atoms with Crippen LogP contribution in [0.4, 0.5) is 24.8 Å². The monoisotopic (exact) mass is 352 g/mol. The summed E-state index contributed by atoms with van der Waals surface area (Å²) in [7, 11) is 0. The Hall–Kier alpha value is -2.64. The van der Waals surface area contributed by atoms with Crippen LogP contribution in [0.25, 0.3) is 0 Å². The van der Waals surface area contributed by atoms with E-state index in [0.29, 0.717) is 18.4 Å². The van der Waals surface area contributed by atoms with E-state index in [1.807, 2.05) is 0 Å². The molecule has 0 spiro atoms. The van der Waals surface area contributed by atoms with Crippen LogP contribution in [0.3, 0.4) is 0 Å². The Morgan fingerprint density at radius 3 is 2.44 bits per heavy atom. The zero-order valence-electron chi connectivity index (χ0n) is 13.9. The highest BCUT2D eigenvalue weighted by molar-refractivity contribution is 6.02. The summed E-state index contributed by atoms with van der Waals surface area (Å²) in [6, 6.07) is 5.66. The van der Waals surface area contributed by atoms with Crippen LogP contribution >= 0.6 is 0 Å². The first-order valence-electron chi connectivity index (χ1n) is 7.81. The van der Waals surface area contributed by atoms with Crippen molar-refractivity contribution in [2.75, 3.05) is 17.2 Å². The van der Waals surface area contributed by atoms with Gasteiger partial charge in [0.15, 0.2) is 0 Å². The Balaban J connectivity index is 2.00. The van der Waals surface area contributed by atoms with Crippen LogP contribution in [-0.4, -0.2) is 22.4 Å². The van der Waals surface area contributed by atoms with Gasteiger partial charge in [0, 0.05) is 18.4 Å². The molecule has 0 bridgehead atoms. The predicted octanol–water partition coefficient (Wildman–Crippen LogP) is 4.21. The van der Waals surface area contributed by atoms with Crippen molar-refractivity contribution >= 4 is 17.5 Å². The lowest BCUT2D eigenvalue weighted by atomic mass is 10.1. The minimum atomic E-state index is -4.41. The van der Waals surface area contributed by atoms with E-state index in [1.54, 1.807) is 0 Å². The maximum atomic E-state index is 12.5. The fourth-order valence-electron chi connectivity index (χ4n) is 1.98. The molecule has 0 aliphatic heterocycles. The molecule has 0 atom stereocenters. The second kappa shape index (κ2) is 7.96. The van der Waals surface area contributed by atoms with E-state index >= 15 is 0 Å². The number of nitrogens with one attached hydrogen (secondary N) is 2. The topological polar surface area (TPSA) is 66.9 Å². The van der Waals surface area contributed by atoms with E-state index < -0.39 is 17.6 Å². The molecular formula is C17H19F3N4O. The fourth-order valence-corrected chi connectivity index (χ4v) is 1.98. The molecule has 0 radical (unpaired) electrons. The van der Waals surface area contributed by atoms with Crippen molar-refractivity contribution in [3.63, 3.8) is 0 Å². The normalized spacial score (nSPS) is 11.4. The molecule has 1 amide bonds. The van der Waals surface area contributed by atoms with Crippen molar-refractivity contribution in [1.82, 2.24) is 9.97 Å². The van der Waals surface area contributed by atoms with Gasteiger partial charge in [-0.05, 0) is 42.7 Å². The van der Waals surface area contributed by atoms with Crippen LogP contribution < -0.4 is 10.6 Å². The third-order valence-corrected chi connectivity index (χ3v) is 3.36. The number of carbonyl (C=O) groups excluding carboxylic acids is 1. The minimum Gasteiger partial charge on any atom is -0.354 e. The number of anilines is 2. The standard InChI is InChI=1S/C17H19F3N4O/c1-11(2)7-9-21-16-22-10-8-14(24-16)15(25)23-13-5-3-12(4-6-13)17(18,19)20/h3-6,8,10-11H,7,9H2,1-2H3,(H,23,25)(H,21,22,24). The van der Waals surface area contributed by atoms with Crippen molar-refractivity contribution < 1.29 is 18.0 Å². The van der Waals surface area contributed by atoms with E-state index in [2.05, 4.69) is 34.4 Å². The third kappa shape index (κ3) is 5.74. The van der Waals surface area contributed by atoms with Gasteiger partial charge in [-0.3, -0.25) is 4.79 Å². The molecule has 1 aromatic heterocycles. The van der Waals surface area contributed by atoms with Gasteiger partial charge in [-0.15, -0.1) is 0 Å². The molecule has 2 N–H and O–H groups in total. The van der Waals surface area contributed by atoms with Gasteiger partial charge in [-0.25, -0.2) is 9.97 Å². The van der Waals surface area contributed by atoms with E-state index in [4.69, 9.17) is 0 Å². The van der Waals surface area contributed by atoms with Crippen molar-refractivity contribution in [1.29, 1.82) is 0 Å². The van der Waals surface area contributed by atoms with Gasteiger partial charge < -0.3 is 10.6 Å². The summed E-state index contributed by atoms with van der Waals surface area (Å²) in [6.45, 7) is 4.87. The summed E-state index contributed by atoms with van der Waals surface area (Å²) in [5.74, 6) is 0.341. The minimum absolute atomic E-state index is 0.127. The lowest BCUT2D eigenvalue weighted by molar-refractivity contribution is -0.137. The average molecular weight is 352 g/mol. The SMILES string of the molecule is CC(C)CCNc1nccc(C(=O)Nc2ccc(C(F)(F)F)cc2)n1. The van der Waals surface area contributed by atoms with Crippen molar-refractivity contribution in [3.8, 4) is 0 Å². The van der Waals surface area contributed by atoms with Crippen molar-refractivity contribution in [3.05, 3.63) is 47.8 Å². The first kappa shape index (κ1) is 18.7. The maximum Gasteiger partial charge on any atom is 0.416 e. The van der Waals surface area contributed by atoms with E-state index in [0.717, 1.165) is 18.6 Å². The van der Waals surface area contributed by atoms with Crippen molar-refractivity contribution in [2.45, 2.75) is 26.4 Å². The molecule has 2 rings (SSSR count). The number of hydrogen-bond acceptors (Lipinski definition) is 4. The van der Waals surface area contributed by atoms with Crippen LogP contribution in [0.15, 0.2) is 36.5 Å². The Kier molecular flexibility index (Phi) is 5.95. The number of amides is 1. The highest BCUT2D eigenvalue weighted by Gasteiger charge is 2.30. The van der Waals surface area contributed by atoms with Crippen molar-refractivity contribution in [2.24, 2.45) is 5.92 Å². The zero-order valence-corrected chi connectivity index (χ0v) is 13.9. The molecule has 25 heavy (non-hydrogen) atoms. The number of nitrogens with zero attached hydrogens (tertiary/aromatic N) is 2. The summed E-state index contributed by atoms with van der Waals surface area (Å²) in [5, 5.41) is 5.55. The molecule has 0 fully saturated rings. The molecule has 0 saturated heterocycles. The number of hydrogen-bond donors (Lipinski definition) is 2. The molecule has 1 aromatic carbocycles. The predicted molar refractivity (Wildman–Crippen MR) is 89.4 cm³/mol. The molecular weight excluding hydrogens is 333 g/mol. The molecule has 1 heterocycles. The van der Waals surface area contributed by atoms with Crippen LogP contribution in [0.1, 0.15) is 36.3 Å². The van der Waals surface area contributed by atoms with E-state index in [9.17, 15) is 18.0 Å². The summed E-state index contributed by atoms with van der Waals surface area (Å²) in [4.78, 5) is 20.3. The first-order valence-corrected chi connectivity index (χ1v) is 7.81. The molecule has 0 aliphatic carbocycles. The number of halogens is 3.